The van der Waals surface area contributed by atoms with Gasteiger partial charge in [0.25, 0.3) is 0 Å². The van der Waals surface area contributed by atoms with Gasteiger partial charge in [0.05, 0.1) is 5.92 Å². The van der Waals surface area contributed by atoms with Gasteiger partial charge < -0.3 is 0 Å². The largest absolute Gasteiger partial charge is 0.392 e. The van der Waals surface area contributed by atoms with Crippen molar-refractivity contribution in [2.24, 2.45) is 11.8 Å². The van der Waals surface area contributed by atoms with E-state index < -0.39 is 12.1 Å². The first kappa shape index (κ1) is 7.69. The molecule has 2 rings (SSSR count). The Hall–Kier alpha value is -0.950. The van der Waals surface area contributed by atoms with Crippen LogP contribution in [0.4, 0.5) is 13.2 Å². The van der Waals surface area contributed by atoms with Crippen molar-refractivity contribution < 1.29 is 13.2 Å². The summed E-state index contributed by atoms with van der Waals surface area (Å²) in [5, 5.41) is 0. The smallest absolute Gasteiger partial charge is 0.171 e. The van der Waals surface area contributed by atoms with E-state index in [1.165, 1.54) is 0 Å². The Bertz CT molecular complexity index is 289. The average Bonchev–Trinajstić information content (AvgIpc) is 2.60. The van der Waals surface area contributed by atoms with Crippen LogP contribution >= 0.6 is 0 Å². The van der Waals surface area contributed by atoms with E-state index in [4.69, 9.17) is 0 Å². The molecule has 0 aliphatic heterocycles. The third kappa shape index (κ3) is 1.21. The molecule has 0 unspecified atom stereocenters. The van der Waals surface area contributed by atoms with E-state index in [9.17, 15) is 13.2 Å². The van der Waals surface area contributed by atoms with E-state index in [2.05, 4.69) is 5.73 Å². The Morgan fingerprint density at radius 3 is 2.58 bits per heavy atom. The molecule has 3 heteroatoms. The topological polar surface area (TPSA) is 0 Å². The molecular formula is C9H7F3. The predicted octanol–water partition coefficient (Wildman–Crippen LogP) is 2.84. The SMILES string of the molecule is FC(F)(F)[C@@H]1C[C@H]1C1=C=CC=C1. The van der Waals surface area contributed by atoms with Crippen molar-refractivity contribution in [3.63, 3.8) is 0 Å². The second-order valence-corrected chi connectivity index (χ2v) is 3.12. The van der Waals surface area contributed by atoms with Crippen LogP contribution in [0.25, 0.3) is 0 Å². The predicted molar refractivity (Wildman–Crippen MR) is 38.4 cm³/mol. The molecule has 2 aliphatic carbocycles. The standard InChI is InChI=1S/C9H7F3/c10-9(11,12)8-5-7(8)6-3-1-2-4-6/h1-3,7-8H,5H2/t7-,8+/m0/s1. The van der Waals surface area contributed by atoms with E-state index >= 15 is 0 Å². The van der Waals surface area contributed by atoms with E-state index in [1.807, 2.05) is 0 Å². The maximum absolute atomic E-state index is 12.1. The first-order valence-electron chi connectivity index (χ1n) is 3.79. The third-order valence-electron chi connectivity index (χ3n) is 2.23. The Morgan fingerprint density at radius 2 is 2.17 bits per heavy atom. The van der Waals surface area contributed by atoms with Crippen LogP contribution in [0.15, 0.2) is 29.5 Å². The first-order chi connectivity index (χ1) is 5.59. The molecule has 0 heterocycles. The van der Waals surface area contributed by atoms with Crippen LogP contribution in [0, 0.1) is 11.8 Å². The highest BCUT2D eigenvalue weighted by Crippen LogP contribution is 2.53. The van der Waals surface area contributed by atoms with E-state index in [0.29, 0.717) is 5.57 Å². The molecule has 0 bridgehead atoms. The molecule has 64 valence electrons. The summed E-state index contributed by atoms with van der Waals surface area (Å²) >= 11 is 0. The third-order valence-corrected chi connectivity index (χ3v) is 2.23. The van der Waals surface area contributed by atoms with Crippen molar-refractivity contribution in [1.29, 1.82) is 0 Å². The Morgan fingerprint density at radius 1 is 1.42 bits per heavy atom. The lowest BCUT2D eigenvalue weighted by molar-refractivity contribution is -0.149. The number of alkyl halides is 3. The van der Waals surface area contributed by atoms with Crippen LogP contribution < -0.4 is 0 Å². The van der Waals surface area contributed by atoms with Crippen molar-refractivity contribution in [1.82, 2.24) is 0 Å². The molecule has 0 aromatic heterocycles. The summed E-state index contributed by atoms with van der Waals surface area (Å²) in [5.41, 5.74) is 3.51. The molecule has 12 heavy (non-hydrogen) atoms. The van der Waals surface area contributed by atoms with Crippen molar-refractivity contribution in [3.05, 3.63) is 29.5 Å². The zero-order valence-corrected chi connectivity index (χ0v) is 6.23. The van der Waals surface area contributed by atoms with E-state index in [-0.39, 0.29) is 12.3 Å². The van der Waals surface area contributed by atoms with Gasteiger partial charge in [-0.2, -0.15) is 13.2 Å². The molecule has 0 N–H and O–H groups in total. The Kier molecular flexibility index (Phi) is 1.45. The summed E-state index contributed by atoms with van der Waals surface area (Å²) in [6, 6.07) is 0. The summed E-state index contributed by atoms with van der Waals surface area (Å²) in [5.74, 6) is -1.43. The molecule has 0 radical (unpaired) electrons. The summed E-state index contributed by atoms with van der Waals surface area (Å²) in [4.78, 5) is 0. The molecule has 0 amide bonds. The van der Waals surface area contributed by atoms with Crippen molar-refractivity contribution >= 4 is 0 Å². The zero-order valence-electron chi connectivity index (χ0n) is 6.23. The second kappa shape index (κ2) is 2.27. The maximum atomic E-state index is 12.1. The molecule has 2 aliphatic rings. The summed E-state index contributed by atoms with van der Waals surface area (Å²) in [7, 11) is 0. The summed E-state index contributed by atoms with van der Waals surface area (Å²) in [6.45, 7) is 0. The lowest BCUT2D eigenvalue weighted by Gasteiger charge is -2.03. The fourth-order valence-electron chi connectivity index (χ4n) is 1.48. The van der Waals surface area contributed by atoms with E-state index in [1.54, 1.807) is 18.2 Å². The number of hydrogen-bond acceptors (Lipinski definition) is 0. The van der Waals surface area contributed by atoms with Crippen molar-refractivity contribution in [2.45, 2.75) is 12.6 Å². The van der Waals surface area contributed by atoms with Gasteiger partial charge in [-0.1, -0.05) is 12.2 Å². The molecule has 2 atom stereocenters. The van der Waals surface area contributed by atoms with Gasteiger partial charge in [-0.3, -0.25) is 0 Å². The lowest BCUT2D eigenvalue weighted by Crippen LogP contribution is -2.12. The second-order valence-electron chi connectivity index (χ2n) is 3.12. The molecule has 0 spiro atoms. The van der Waals surface area contributed by atoms with Crippen LogP contribution in [-0.4, -0.2) is 6.18 Å². The normalized spacial score (nSPS) is 32.4. The van der Waals surface area contributed by atoms with Gasteiger partial charge in [0, 0.05) is 5.92 Å². The highest BCUT2D eigenvalue weighted by atomic mass is 19.4. The lowest BCUT2D eigenvalue weighted by atomic mass is 10.1. The molecule has 0 aromatic carbocycles. The van der Waals surface area contributed by atoms with Gasteiger partial charge in [0.1, 0.15) is 0 Å². The molecule has 1 saturated carbocycles. The average molecular weight is 172 g/mol. The maximum Gasteiger partial charge on any atom is 0.392 e. The Labute approximate surface area is 68.1 Å². The fourth-order valence-corrected chi connectivity index (χ4v) is 1.48. The molecule has 0 aromatic rings. The number of allylic oxidation sites excluding steroid dienone is 3. The van der Waals surface area contributed by atoms with Crippen LogP contribution in [0.5, 0.6) is 0 Å². The molecule has 0 saturated heterocycles. The van der Waals surface area contributed by atoms with Crippen LogP contribution in [-0.2, 0) is 0 Å². The number of halogens is 3. The van der Waals surface area contributed by atoms with Crippen LogP contribution in [0.2, 0.25) is 0 Å². The number of hydrogen-bond donors (Lipinski definition) is 0. The van der Waals surface area contributed by atoms with Gasteiger partial charge in [-0.15, -0.1) is 5.73 Å². The van der Waals surface area contributed by atoms with Crippen LogP contribution in [0.3, 0.4) is 0 Å². The van der Waals surface area contributed by atoms with Crippen molar-refractivity contribution in [3.8, 4) is 0 Å². The molecular weight excluding hydrogens is 165 g/mol. The van der Waals surface area contributed by atoms with Gasteiger partial charge in [-0.25, -0.2) is 0 Å². The highest BCUT2D eigenvalue weighted by Gasteiger charge is 2.56. The molecule has 1 fully saturated rings. The summed E-state index contributed by atoms with van der Waals surface area (Å²) in [6.07, 6.45) is 1.30. The zero-order chi connectivity index (χ0) is 8.77. The van der Waals surface area contributed by atoms with E-state index in [0.717, 1.165) is 0 Å². The fraction of sp³-hybridized carbons (Fsp3) is 0.444. The first-order valence-corrected chi connectivity index (χ1v) is 3.79. The van der Waals surface area contributed by atoms with Gasteiger partial charge in [0.15, 0.2) is 0 Å². The van der Waals surface area contributed by atoms with Gasteiger partial charge in [0.2, 0.25) is 0 Å². The van der Waals surface area contributed by atoms with Gasteiger partial charge >= 0.3 is 6.18 Å². The quantitative estimate of drug-likeness (QED) is 0.533. The summed E-state index contributed by atoms with van der Waals surface area (Å²) < 4.78 is 36.2. The highest BCUT2D eigenvalue weighted by molar-refractivity contribution is 5.34. The minimum atomic E-state index is -4.02. The van der Waals surface area contributed by atoms with Gasteiger partial charge in [-0.05, 0) is 18.1 Å². The number of rotatable bonds is 1. The van der Waals surface area contributed by atoms with Crippen molar-refractivity contribution in [2.75, 3.05) is 0 Å². The van der Waals surface area contributed by atoms with Crippen LogP contribution in [0.1, 0.15) is 6.42 Å². The minimum Gasteiger partial charge on any atom is -0.171 e. The minimum absolute atomic E-state index is 0.240. The molecule has 0 nitrogen and oxygen atoms in total. The Balaban J connectivity index is 2.05. The monoisotopic (exact) mass is 172 g/mol.